The van der Waals surface area contributed by atoms with Gasteiger partial charge < -0.3 is 10.2 Å². The Bertz CT molecular complexity index is 473. The van der Waals surface area contributed by atoms with Gasteiger partial charge in [0.2, 0.25) is 5.91 Å². The smallest absolute Gasteiger partial charge is 0.236 e. The molecular weight excluding hydrogens is 262 g/mol. The summed E-state index contributed by atoms with van der Waals surface area (Å²) in [4.78, 5) is 13.5. The zero-order valence-corrected chi connectivity index (χ0v) is 11.7. The van der Waals surface area contributed by atoms with Gasteiger partial charge in [-0.1, -0.05) is 18.9 Å². The van der Waals surface area contributed by atoms with Crippen LogP contribution in [0, 0.1) is 11.6 Å². The normalized spacial score (nSPS) is 15.6. The fraction of sp³-hybridized carbons (Fsp3) is 0.533. The van der Waals surface area contributed by atoms with E-state index in [0.29, 0.717) is 18.2 Å². The topological polar surface area (TPSA) is 32.3 Å². The average Bonchev–Trinajstić information content (AvgIpc) is 2.93. The lowest BCUT2D eigenvalue weighted by molar-refractivity contribution is -0.129. The number of likely N-dealkylation sites (N-methyl/N-ethyl adjacent to an activating group) is 1. The van der Waals surface area contributed by atoms with E-state index in [4.69, 9.17) is 0 Å². The highest BCUT2D eigenvalue weighted by atomic mass is 19.2. The van der Waals surface area contributed by atoms with Crippen molar-refractivity contribution in [1.29, 1.82) is 0 Å². The molecule has 0 spiro atoms. The second-order valence-corrected chi connectivity index (χ2v) is 5.36. The summed E-state index contributed by atoms with van der Waals surface area (Å²) >= 11 is 0. The predicted octanol–water partition coefficient (Wildman–Crippen LogP) is 2.46. The highest BCUT2D eigenvalue weighted by molar-refractivity contribution is 5.78. The third-order valence-corrected chi connectivity index (χ3v) is 3.73. The number of amides is 1. The SMILES string of the molecule is CN(Cc1ccc(F)c(F)c1)C(=O)CNC1CCCC1. The number of hydrogen-bond donors (Lipinski definition) is 1. The fourth-order valence-electron chi connectivity index (χ4n) is 2.50. The number of rotatable bonds is 5. The molecule has 20 heavy (non-hydrogen) atoms. The van der Waals surface area contributed by atoms with Crippen molar-refractivity contribution >= 4 is 5.91 Å². The largest absolute Gasteiger partial charge is 0.340 e. The van der Waals surface area contributed by atoms with Gasteiger partial charge in [-0.3, -0.25) is 4.79 Å². The summed E-state index contributed by atoms with van der Waals surface area (Å²) in [5.41, 5.74) is 0.584. The number of halogens is 2. The molecule has 0 atom stereocenters. The van der Waals surface area contributed by atoms with Crippen molar-refractivity contribution in [1.82, 2.24) is 10.2 Å². The maximum Gasteiger partial charge on any atom is 0.236 e. The summed E-state index contributed by atoms with van der Waals surface area (Å²) in [6, 6.07) is 4.14. The van der Waals surface area contributed by atoms with E-state index < -0.39 is 11.6 Å². The predicted molar refractivity (Wildman–Crippen MR) is 73.1 cm³/mol. The van der Waals surface area contributed by atoms with E-state index in [1.807, 2.05) is 0 Å². The quantitative estimate of drug-likeness (QED) is 0.899. The number of nitrogens with zero attached hydrogens (tertiary/aromatic N) is 1. The molecule has 0 saturated heterocycles. The van der Waals surface area contributed by atoms with E-state index in [1.54, 1.807) is 7.05 Å². The zero-order chi connectivity index (χ0) is 14.5. The van der Waals surface area contributed by atoms with E-state index in [0.717, 1.165) is 25.0 Å². The first-order valence-corrected chi connectivity index (χ1v) is 6.97. The van der Waals surface area contributed by atoms with Crippen molar-refractivity contribution in [2.24, 2.45) is 0 Å². The first-order valence-electron chi connectivity index (χ1n) is 6.97. The Hall–Kier alpha value is -1.49. The van der Waals surface area contributed by atoms with Gasteiger partial charge in [-0.15, -0.1) is 0 Å². The molecule has 1 aromatic rings. The van der Waals surface area contributed by atoms with Crippen molar-refractivity contribution < 1.29 is 13.6 Å². The van der Waals surface area contributed by atoms with Crippen LogP contribution in [0.15, 0.2) is 18.2 Å². The third-order valence-electron chi connectivity index (χ3n) is 3.73. The molecule has 0 aromatic heterocycles. The Labute approximate surface area is 118 Å². The monoisotopic (exact) mass is 282 g/mol. The molecule has 0 bridgehead atoms. The first-order chi connectivity index (χ1) is 9.56. The van der Waals surface area contributed by atoms with Gasteiger partial charge in [0.05, 0.1) is 6.54 Å². The Morgan fingerprint density at radius 1 is 1.30 bits per heavy atom. The molecule has 1 aromatic carbocycles. The molecule has 3 nitrogen and oxygen atoms in total. The van der Waals surface area contributed by atoms with Gasteiger partial charge in [0.15, 0.2) is 11.6 Å². The van der Waals surface area contributed by atoms with Crippen LogP contribution in [0.3, 0.4) is 0 Å². The average molecular weight is 282 g/mol. The molecule has 1 amide bonds. The third kappa shape index (κ3) is 4.00. The summed E-state index contributed by atoms with van der Waals surface area (Å²) in [5, 5.41) is 3.24. The Balaban J connectivity index is 1.81. The van der Waals surface area contributed by atoms with E-state index in [9.17, 15) is 13.6 Å². The minimum Gasteiger partial charge on any atom is -0.340 e. The lowest BCUT2D eigenvalue weighted by Crippen LogP contribution is -2.38. The van der Waals surface area contributed by atoms with Crippen LogP contribution in [0.1, 0.15) is 31.2 Å². The van der Waals surface area contributed by atoms with Gasteiger partial charge in [-0.05, 0) is 30.5 Å². The highest BCUT2D eigenvalue weighted by Gasteiger charge is 2.17. The lowest BCUT2D eigenvalue weighted by Gasteiger charge is -2.19. The molecule has 0 aliphatic heterocycles. The minimum absolute atomic E-state index is 0.0402. The molecule has 0 radical (unpaired) electrons. The second-order valence-electron chi connectivity index (χ2n) is 5.36. The number of hydrogen-bond acceptors (Lipinski definition) is 2. The molecule has 0 heterocycles. The molecule has 110 valence electrons. The van der Waals surface area contributed by atoms with Crippen LogP contribution < -0.4 is 5.32 Å². The standard InChI is InChI=1S/C15H20F2N2O/c1-19(10-11-6-7-13(16)14(17)8-11)15(20)9-18-12-4-2-3-5-12/h6-8,12,18H,2-5,9-10H2,1H3. The van der Waals surface area contributed by atoms with Crippen molar-refractivity contribution in [2.75, 3.05) is 13.6 Å². The summed E-state index contributed by atoms with van der Waals surface area (Å²) in [7, 11) is 1.67. The molecule has 1 saturated carbocycles. The summed E-state index contributed by atoms with van der Waals surface area (Å²) < 4.78 is 25.9. The van der Waals surface area contributed by atoms with Crippen LogP contribution in [0.2, 0.25) is 0 Å². The molecular formula is C15H20F2N2O. The van der Waals surface area contributed by atoms with Gasteiger partial charge in [-0.2, -0.15) is 0 Å². The van der Waals surface area contributed by atoms with E-state index in [2.05, 4.69) is 5.32 Å². The fourth-order valence-corrected chi connectivity index (χ4v) is 2.50. The van der Waals surface area contributed by atoms with Gasteiger partial charge >= 0.3 is 0 Å². The van der Waals surface area contributed by atoms with Crippen molar-refractivity contribution in [2.45, 2.75) is 38.3 Å². The zero-order valence-electron chi connectivity index (χ0n) is 11.7. The van der Waals surface area contributed by atoms with Gasteiger partial charge in [0, 0.05) is 19.6 Å². The molecule has 1 aliphatic carbocycles. The van der Waals surface area contributed by atoms with Crippen molar-refractivity contribution in [3.05, 3.63) is 35.4 Å². The van der Waals surface area contributed by atoms with Crippen LogP contribution in [-0.2, 0) is 11.3 Å². The van der Waals surface area contributed by atoms with E-state index >= 15 is 0 Å². The summed E-state index contributed by atoms with van der Waals surface area (Å²) in [6.45, 7) is 0.577. The molecule has 5 heteroatoms. The molecule has 1 fully saturated rings. The van der Waals surface area contributed by atoms with Crippen LogP contribution in [-0.4, -0.2) is 30.4 Å². The van der Waals surface area contributed by atoms with Crippen LogP contribution in [0.25, 0.3) is 0 Å². The summed E-state index contributed by atoms with van der Waals surface area (Å²) in [6.07, 6.45) is 4.69. The minimum atomic E-state index is -0.882. The lowest BCUT2D eigenvalue weighted by atomic mass is 10.2. The highest BCUT2D eigenvalue weighted by Crippen LogP contribution is 2.17. The number of carbonyl (C=O) groups excluding carboxylic acids is 1. The van der Waals surface area contributed by atoms with Crippen molar-refractivity contribution in [3.8, 4) is 0 Å². The molecule has 0 unspecified atom stereocenters. The van der Waals surface area contributed by atoms with Crippen molar-refractivity contribution in [3.63, 3.8) is 0 Å². The molecule has 1 aliphatic rings. The molecule has 1 N–H and O–H groups in total. The Morgan fingerprint density at radius 2 is 2.00 bits per heavy atom. The van der Waals surface area contributed by atoms with Crippen LogP contribution in [0.4, 0.5) is 8.78 Å². The Morgan fingerprint density at radius 3 is 2.65 bits per heavy atom. The molecule has 2 rings (SSSR count). The number of carbonyl (C=O) groups is 1. The van der Waals surface area contributed by atoms with E-state index in [1.165, 1.54) is 23.8 Å². The summed E-state index contributed by atoms with van der Waals surface area (Å²) in [5.74, 6) is -1.79. The Kier molecular flexibility index (Phi) is 5.06. The second kappa shape index (κ2) is 6.79. The van der Waals surface area contributed by atoms with Crippen LogP contribution in [0.5, 0.6) is 0 Å². The first kappa shape index (κ1) is 14.9. The van der Waals surface area contributed by atoms with Gasteiger partial charge in [-0.25, -0.2) is 8.78 Å². The van der Waals surface area contributed by atoms with Gasteiger partial charge in [0.1, 0.15) is 0 Å². The maximum atomic E-state index is 13.1. The number of benzene rings is 1. The number of nitrogens with one attached hydrogen (secondary N) is 1. The van der Waals surface area contributed by atoms with Gasteiger partial charge in [0.25, 0.3) is 0 Å². The van der Waals surface area contributed by atoms with Crippen LogP contribution >= 0.6 is 0 Å². The maximum absolute atomic E-state index is 13.1. The van der Waals surface area contributed by atoms with E-state index in [-0.39, 0.29) is 12.5 Å².